The third-order valence-corrected chi connectivity index (χ3v) is 7.10. The van der Waals surface area contributed by atoms with E-state index in [9.17, 15) is 14.9 Å². The van der Waals surface area contributed by atoms with Crippen molar-refractivity contribution in [3.05, 3.63) is 104 Å². The van der Waals surface area contributed by atoms with Gasteiger partial charge in [-0.25, -0.2) is 0 Å². The van der Waals surface area contributed by atoms with Crippen molar-refractivity contribution in [2.75, 3.05) is 32.2 Å². The van der Waals surface area contributed by atoms with Gasteiger partial charge in [0.15, 0.2) is 0 Å². The zero-order chi connectivity index (χ0) is 25.7. The van der Waals surface area contributed by atoms with Gasteiger partial charge in [0.1, 0.15) is 11.1 Å². The van der Waals surface area contributed by atoms with Gasteiger partial charge in [-0.1, -0.05) is 53.5 Å². The fourth-order valence-corrected chi connectivity index (χ4v) is 4.93. The van der Waals surface area contributed by atoms with Gasteiger partial charge >= 0.3 is 5.97 Å². The van der Waals surface area contributed by atoms with Gasteiger partial charge in [0, 0.05) is 35.9 Å². The average molecular weight is 529 g/mol. The van der Waals surface area contributed by atoms with E-state index in [1.54, 1.807) is 60.7 Å². The number of nitro benzene ring substituents is 1. The Hall–Kier alpha value is -3.13. The molecule has 0 atom stereocenters. The number of rotatable bonds is 8. The zero-order valence-electron chi connectivity index (χ0n) is 19.7. The molecule has 3 aromatic rings. The van der Waals surface area contributed by atoms with Crippen molar-refractivity contribution in [2.45, 2.75) is 18.3 Å². The maximum Gasteiger partial charge on any atom is 0.325 e. The predicted octanol–water partition coefficient (Wildman–Crippen LogP) is 6.25. The van der Waals surface area contributed by atoms with Gasteiger partial charge in [0.25, 0.3) is 5.69 Å². The molecule has 7 nitrogen and oxygen atoms in total. The SMILES string of the molecule is COC(=O)C(c1ccc(Cl)cc1)(c1ccc(Cl)cc1)c1ccc([N+](=O)[O-])c(NCC2CCOCC2)c1. The molecule has 36 heavy (non-hydrogen) atoms. The maximum absolute atomic E-state index is 13.7. The summed E-state index contributed by atoms with van der Waals surface area (Å²) < 4.78 is 10.8. The largest absolute Gasteiger partial charge is 0.468 e. The number of nitrogens with zero attached hydrogens (tertiary/aromatic N) is 1. The van der Waals surface area contributed by atoms with Gasteiger partial charge in [-0.3, -0.25) is 14.9 Å². The number of carbonyl (C=O) groups excluding carboxylic acids is 1. The van der Waals surface area contributed by atoms with Gasteiger partial charge in [0.05, 0.1) is 12.0 Å². The number of nitro groups is 1. The topological polar surface area (TPSA) is 90.7 Å². The van der Waals surface area contributed by atoms with Gasteiger partial charge in [-0.15, -0.1) is 0 Å². The Morgan fingerprint density at radius 1 is 1.00 bits per heavy atom. The molecule has 0 aliphatic carbocycles. The van der Waals surface area contributed by atoms with Crippen LogP contribution in [0.15, 0.2) is 66.7 Å². The summed E-state index contributed by atoms with van der Waals surface area (Å²) in [4.78, 5) is 25.1. The number of ether oxygens (including phenoxy) is 2. The Bertz CT molecular complexity index is 1180. The van der Waals surface area contributed by atoms with E-state index in [4.69, 9.17) is 32.7 Å². The van der Waals surface area contributed by atoms with Gasteiger partial charge in [-0.2, -0.15) is 0 Å². The molecule has 188 valence electrons. The molecule has 9 heteroatoms. The van der Waals surface area contributed by atoms with Crippen molar-refractivity contribution in [3.8, 4) is 0 Å². The minimum Gasteiger partial charge on any atom is -0.468 e. The van der Waals surface area contributed by atoms with E-state index in [1.165, 1.54) is 13.2 Å². The summed E-state index contributed by atoms with van der Waals surface area (Å²) in [5.41, 5.74) is 0.556. The van der Waals surface area contributed by atoms with Gasteiger partial charge in [0.2, 0.25) is 0 Å². The first-order valence-electron chi connectivity index (χ1n) is 11.6. The highest BCUT2D eigenvalue weighted by atomic mass is 35.5. The number of nitrogens with one attached hydrogen (secondary N) is 1. The second-order valence-electron chi connectivity index (χ2n) is 8.68. The van der Waals surface area contributed by atoms with Crippen molar-refractivity contribution in [2.24, 2.45) is 5.92 Å². The first-order valence-corrected chi connectivity index (χ1v) is 12.3. The summed E-state index contributed by atoms with van der Waals surface area (Å²) in [5.74, 6) is -0.212. The van der Waals surface area contributed by atoms with E-state index in [2.05, 4.69) is 5.32 Å². The first kappa shape index (κ1) is 25.9. The van der Waals surface area contributed by atoms with Crippen molar-refractivity contribution < 1.29 is 19.2 Å². The Labute approximate surface area is 219 Å². The summed E-state index contributed by atoms with van der Waals surface area (Å²) in [5, 5.41) is 16.1. The molecule has 1 N–H and O–H groups in total. The summed E-state index contributed by atoms with van der Waals surface area (Å²) in [6.45, 7) is 1.90. The van der Waals surface area contributed by atoms with Crippen LogP contribution in [0.25, 0.3) is 0 Å². The third kappa shape index (κ3) is 5.19. The van der Waals surface area contributed by atoms with Crippen LogP contribution in [0, 0.1) is 16.0 Å². The molecule has 0 spiro atoms. The molecule has 0 aromatic heterocycles. The number of hydrogen-bond acceptors (Lipinski definition) is 6. The smallest absolute Gasteiger partial charge is 0.325 e. The first-order chi connectivity index (χ1) is 17.4. The van der Waals surface area contributed by atoms with Crippen LogP contribution < -0.4 is 5.32 Å². The lowest BCUT2D eigenvalue weighted by molar-refractivity contribution is -0.384. The van der Waals surface area contributed by atoms with Crippen LogP contribution >= 0.6 is 23.2 Å². The molecule has 1 heterocycles. The number of esters is 1. The molecule has 0 radical (unpaired) electrons. The summed E-state index contributed by atoms with van der Waals surface area (Å²) in [6, 6.07) is 18.5. The third-order valence-electron chi connectivity index (χ3n) is 6.59. The molecule has 0 saturated carbocycles. The fourth-order valence-electron chi connectivity index (χ4n) is 4.68. The van der Waals surface area contributed by atoms with Crippen molar-refractivity contribution >= 4 is 40.5 Å². The van der Waals surface area contributed by atoms with Crippen LogP contribution in [-0.4, -0.2) is 37.8 Å². The van der Waals surface area contributed by atoms with E-state index >= 15 is 0 Å². The zero-order valence-corrected chi connectivity index (χ0v) is 21.2. The minimum atomic E-state index is -1.42. The maximum atomic E-state index is 13.7. The fraction of sp³-hybridized carbons (Fsp3) is 0.296. The van der Waals surface area contributed by atoms with Crippen molar-refractivity contribution in [1.82, 2.24) is 0 Å². The summed E-state index contributed by atoms with van der Waals surface area (Å²) in [7, 11) is 1.32. The quantitative estimate of drug-likeness (QED) is 0.161. The van der Waals surface area contributed by atoms with Gasteiger partial charge in [-0.05, 0) is 65.8 Å². The van der Waals surface area contributed by atoms with Crippen LogP contribution in [0.4, 0.5) is 11.4 Å². The molecule has 1 saturated heterocycles. The standard InChI is InChI=1S/C27H26Cl2N2O5/c1-35-26(32)27(19-2-7-22(28)8-3-19,20-4-9-23(29)10-5-20)21-6-11-25(31(33)34)24(16-21)30-17-18-12-14-36-15-13-18/h2-11,16,18,30H,12-15,17H2,1H3. The van der Waals surface area contributed by atoms with Crippen molar-refractivity contribution in [3.63, 3.8) is 0 Å². The number of carbonyl (C=O) groups is 1. The Kier molecular flexibility index (Phi) is 8.14. The van der Waals surface area contributed by atoms with E-state index in [0.717, 1.165) is 12.8 Å². The highest BCUT2D eigenvalue weighted by molar-refractivity contribution is 6.30. The monoisotopic (exact) mass is 528 g/mol. The molecule has 1 aliphatic rings. The average Bonchev–Trinajstić information content (AvgIpc) is 2.90. The van der Waals surface area contributed by atoms with E-state index in [0.29, 0.717) is 58.1 Å². The van der Waals surface area contributed by atoms with Crippen LogP contribution in [0.5, 0.6) is 0 Å². The van der Waals surface area contributed by atoms with E-state index < -0.39 is 16.3 Å². The Morgan fingerprint density at radius 2 is 1.53 bits per heavy atom. The second kappa shape index (κ2) is 11.3. The molecular formula is C27H26Cl2N2O5. The van der Waals surface area contributed by atoms with Crippen molar-refractivity contribution in [1.29, 1.82) is 0 Å². The highest BCUT2D eigenvalue weighted by Crippen LogP contribution is 2.43. The normalized spacial score (nSPS) is 14.3. The number of benzene rings is 3. The van der Waals surface area contributed by atoms with Crippen LogP contribution in [0.1, 0.15) is 29.5 Å². The number of hydrogen-bond donors (Lipinski definition) is 1. The molecule has 4 rings (SSSR count). The van der Waals surface area contributed by atoms with Crippen LogP contribution in [0.3, 0.4) is 0 Å². The summed E-state index contributed by atoms with van der Waals surface area (Å²) in [6.07, 6.45) is 1.75. The molecule has 0 amide bonds. The second-order valence-corrected chi connectivity index (χ2v) is 9.55. The number of halogens is 2. The molecular weight excluding hydrogens is 503 g/mol. The van der Waals surface area contributed by atoms with Gasteiger partial charge < -0.3 is 14.8 Å². The van der Waals surface area contributed by atoms with Crippen LogP contribution in [0.2, 0.25) is 10.0 Å². The molecule has 0 unspecified atom stereocenters. The van der Waals surface area contributed by atoms with E-state index in [1.807, 2.05) is 0 Å². The Balaban J connectivity index is 1.90. The number of anilines is 1. The highest BCUT2D eigenvalue weighted by Gasteiger charge is 2.46. The minimum absolute atomic E-state index is 0.0724. The molecule has 3 aromatic carbocycles. The summed E-state index contributed by atoms with van der Waals surface area (Å²) >= 11 is 12.3. The Morgan fingerprint density at radius 3 is 2.03 bits per heavy atom. The van der Waals surface area contributed by atoms with E-state index in [-0.39, 0.29) is 5.69 Å². The molecule has 0 bridgehead atoms. The lowest BCUT2D eigenvalue weighted by atomic mass is 9.69. The van der Waals surface area contributed by atoms with Crippen LogP contribution in [-0.2, 0) is 19.7 Å². The lowest BCUT2D eigenvalue weighted by Gasteiger charge is -2.33. The lowest BCUT2D eigenvalue weighted by Crippen LogP contribution is -2.39. The number of methoxy groups -OCH3 is 1. The predicted molar refractivity (Wildman–Crippen MR) is 140 cm³/mol. The molecule has 1 aliphatic heterocycles. The molecule has 1 fully saturated rings.